The zero-order valence-corrected chi connectivity index (χ0v) is 18.8. The average Bonchev–Trinajstić information content (AvgIpc) is 3.46. The predicted octanol–water partition coefficient (Wildman–Crippen LogP) is 5.99. The lowest BCUT2D eigenvalue weighted by Gasteiger charge is -2.14. The van der Waals surface area contributed by atoms with E-state index in [0.29, 0.717) is 38.7 Å². The van der Waals surface area contributed by atoms with Crippen LogP contribution in [0.5, 0.6) is 0 Å². The number of benzene rings is 2. The van der Waals surface area contributed by atoms with Crippen LogP contribution in [0.1, 0.15) is 16.1 Å². The monoisotopic (exact) mass is 485 g/mol. The van der Waals surface area contributed by atoms with E-state index in [4.69, 9.17) is 4.42 Å². The number of furan rings is 1. The van der Waals surface area contributed by atoms with Crippen LogP contribution in [0.25, 0.3) is 17.4 Å². The van der Waals surface area contributed by atoms with Crippen molar-refractivity contribution < 1.29 is 23.5 Å². The number of anilines is 1. The maximum Gasteiger partial charge on any atom is 0.335 e. The third kappa shape index (κ3) is 4.75. The predicted molar refractivity (Wildman–Crippen MR) is 132 cm³/mol. The summed E-state index contributed by atoms with van der Waals surface area (Å²) in [5.41, 5.74) is 1.24. The molecule has 1 aliphatic heterocycles. The van der Waals surface area contributed by atoms with E-state index in [1.54, 1.807) is 54.7 Å². The zero-order chi connectivity index (χ0) is 24.4. The van der Waals surface area contributed by atoms with Crippen molar-refractivity contribution in [1.82, 2.24) is 4.98 Å². The number of nitrogens with zero attached hydrogens (tertiary/aromatic N) is 3. The minimum atomic E-state index is -1.03. The highest BCUT2D eigenvalue weighted by atomic mass is 32.2. The topological polar surface area (TPSA) is 96.0 Å². The van der Waals surface area contributed by atoms with Crippen molar-refractivity contribution in [3.05, 3.63) is 107 Å². The van der Waals surface area contributed by atoms with Crippen LogP contribution in [0.3, 0.4) is 0 Å². The van der Waals surface area contributed by atoms with E-state index in [2.05, 4.69) is 9.98 Å². The Kier molecular flexibility index (Phi) is 5.99. The summed E-state index contributed by atoms with van der Waals surface area (Å²) in [6.45, 7) is 0. The first-order chi connectivity index (χ1) is 17.0. The largest absolute Gasteiger partial charge is 0.478 e. The molecular weight excluding hydrogens is 469 g/mol. The van der Waals surface area contributed by atoms with E-state index in [-0.39, 0.29) is 17.3 Å². The lowest BCUT2D eigenvalue weighted by Crippen LogP contribution is -2.29. The van der Waals surface area contributed by atoms with Crippen molar-refractivity contribution in [1.29, 1.82) is 0 Å². The van der Waals surface area contributed by atoms with Gasteiger partial charge in [0.25, 0.3) is 5.91 Å². The van der Waals surface area contributed by atoms with Gasteiger partial charge in [0.1, 0.15) is 23.2 Å². The zero-order valence-electron chi connectivity index (χ0n) is 18.0. The number of carbonyl (C=O) groups excluding carboxylic acids is 1. The van der Waals surface area contributed by atoms with Gasteiger partial charge < -0.3 is 9.52 Å². The van der Waals surface area contributed by atoms with Gasteiger partial charge in [-0.1, -0.05) is 18.2 Å². The summed E-state index contributed by atoms with van der Waals surface area (Å²) in [5.74, 6) is -0.455. The Bertz CT molecular complexity index is 1480. The molecule has 1 amide bonds. The molecule has 0 aliphatic carbocycles. The number of pyridine rings is 1. The Morgan fingerprint density at radius 1 is 1.06 bits per heavy atom. The molecule has 1 N–H and O–H groups in total. The molecule has 0 saturated carbocycles. The van der Waals surface area contributed by atoms with Gasteiger partial charge in [0, 0.05) is 17.8 Å². The molecule has 0 spiro atoms. The van der Waals surface area contributed by atoms with Crippen LogP contribution in [0.15, 0.2) is 99.4 Å². The molecule has 2 aromatic carbocycles. The minimum absolute atomic E-state index is 0.146. The van der Waals surface area contributed by atoms with E-state index in [9.17, 15) is 19.1 Å². The highest BCUT2D eigenvalue weighted by Gasteiger charge is 2.35. The van der Waals surface area contributed by atoms with Gasteiger partial charge in [-0.15, -0.1) is 0 Å². The van der Waals surface area contributed by atoms with E-state index in [0.717, 1.165) is 11.8 Å². The van der Waals surface area contributed by atoms with Crippen molar-refractivity contribution in [2.24, 2.45) is 4.99 Å². The second-order valence-corrected chi connectivity index (χ2v) is 8.41. The molecule has 7 nitrogen and oxygen atoms in total. The maximum absolute atomic E-state index is 13.3. The highest BCUT2D eigenvalue weighted by Crippen LogP contribution is 2.37. The quantitative estimate of drug-likeness (QED) is 0.349. The van der Waals surface area contributed by atoms with Gasteiger partial charge in [-0.25, -0.2) is 24.1 Å². The van der Waals surface area contributed by atoms with Crippen molar-refractivity contribution in [3.63, 3.8) is 0 Å². The first-order valence-corrected chi connectivity index (χ1v) is 11.2. The fraction of sp³-hybridized carbons (Fsp3) is 0. The Balaban J connectivity index is 1.49. The Labute approximate surface area is 203 Å². The number of carboxylic acids is 1. The van der Waals surface area contributed by atoms with E-state index < -0.39 is 5.97 Å². The van der Waals surface area contributed by atoms with E-state index in [1.165, 1.54) is 41.3 Å². The smallest absolute Gasteiger partial charge is 0.335 e. The molecule has 0 unspecified atom stereocenters. The number of carboxylic acid groups (broad SMARTS) is 1. The standard InChI is InChI=1S/C26H16FN3O4S/c27-18-7-9-19(10-8-18)29-26-30(23-6-1-2-13-28-23)24(31)22(35-26)15-20-11-12-21(34-20)16-4-3-5-17(14-16)25(32)33/h1-15H,(H,32,33). The van der Waals surface area contributed by atoms with Gasteiger partial charge >= 0.3 is 5.97 Å². The number of amides is 1. The van der Waals surface area contributed by atoms with Crippen LogP contribution in [0.2, 0.25) is 0 Å². The summed E-state index contributed by atoms with van der Waals surface area (Å²) in [6, 6.07) is 20.7. The van der Waals surface area contributed by atoms with Gasteiger partial charge in [-0.05, 0) is 72.4 Å². The number of aliphatic imine (C=N–C) groups is 1. The summed E-state index contributed by atoms with van der Waals surface area (Å²) in [5, 5.41) is 9.59. The van der Waals surface area contributed by atoms with Gasteiger partial charge in [-0.2, -0.15) is 0 Å². The fourth-order valence-electron chi connectivity index (χ4n) is 3.38. The van der Waals surface area contributed by atoms with Crippen molar-refractivity contribution in [2.45, 2.75) is 0 Å². The first kappa shape index (κ1) is 22.3. The highest BCUT2D eigenvalue weighted by molar-refractivity contribution is 8.19. The number of aromatic carboxylic acids is 1. The van der Waals surface area contributed by atoms with Crippen LogP contribution in [0, 0.1) is 5.82 Å². The van der Waals surface area contributed by atoms with Crippen LogP contribution in [-0.4, -0.2) is 27.1 Å². The molecule has 5 rings (SSSR count). The molecule has 0 radical (unpaired) electrons. The van der Waals surface area contributed by atoms with Crippen molar-refractivity contribution in [2.75, 3.05) is 4.90 Å². The Morgan fingerprint density at radius 2 is 1.89 bits per heavy atom. The first-order valence-electron chi connectivity index (χ1n) is 10.4. The average molecular weight is 485 g/mol. The number of hydrogen-bond donors (Lipinski definition) is 1. The third-order valence-corrected chi connectivity index (χ3v) is 6.00. The number of halogens is 1. The summed E-state index contributed by atoms with van der Waals surface area (Å²) in [4.78, 5) is 35.1. The second-order valence-electron chi connectivity index (χ2n) is 7.40. The minimum Gasteiger partial charge on any atom is -0.478 e. The number of amidine groups is 1. The van der Waals surface area contributed by atoms with Crippen molar-refractivity contribution >= 4 is 46.4 Å². The molecule has 1 fully saturated rings. The van der Waals surface area contributed by atoms with E-state index >= 15 is 0 Å². The third-order valence-electron chi connectivity index (χ3n) is 5.03. The number of hydrogen-bond acceptors (Lipinski definition) is 6. The SMILES string of the molecule is O=C(O)c1cccc(-c2ccc(C=C3SC(=Nc4ccc(F)cc4)N(c4ccccn4)C3=O)o2)c1. The molecule has 1 aliphatic rings. The molecule has 3 heterocycles. The van der Waals surface area contributed by atoms with Crippen LogP contribution >= 0.6 is 11.8 Å². The molecule has 9 heteroatoms. The summed E-state index contributed by atoms with van der Waals surface area (Å²) in [6.07, 6.45) is 3.18. The van der Waals surface area contributed by atoms with Gasteiger partial charge in [-0.3, -0.25) is 4.79 Å². The molecule has 0 atom stereocenters. The maximum atomic E-state index is 13.3. The normalized spacial score (nSPS) is 15.8. The number of thioether (sulfide) groups is 1. The summed E-state index contributed by atoms with van der Waals surface area (Å²) in [7, 11) is 0. The lowest BCUT2D eigenvalue weighted by molar-refractivity contribution is -0.113. The van der Waals surface area contributed by atoms with Crippen LogP contribution in [0.4, 0.5) is 15.9 Å². The van der Waals surface area contributed by atoms with Crippen LogP contribution in [-0.2, 0) is 4.79 Å². The van der Waals surface area contributed by atoms with Gasteiger partial charge in [0.05, 0.1) is 16.2 Å². The number of aromatic nitrogens is 1. The second kappa shape index (κ2) is 9.40. The Hall–Kier alpha value is -4.50. The summed E-state index contributed by atoms with van der Waals surface area (Å²) < 4.78 is 19.2. The number of rotatable bonds is 5. The van der Waals surface area contributed by atoms with Gasteiger partial charge in [0.15, 0.2) is 5.17 Å². The molecule has 2 aromatic heterocycles. The van der Waals surface area contributed by atoms with Crippen LogP contribution < -0.4 is 4.90 Å². The molecule has 0 bridgehead atoms. The molecule has 1 saturated heterocycles. The van der Waals surface area contributed by atoms with Crippen molar-refractivity contribution in [3.8, 4) is 11.3 Å². The number of carbonyl (C=O) groups is 2. The lowest BCUT2D eigenvalue weighted by atomic mass is 10.1. The van der Waals surface area contributed by atoms with Gasteiger partial charge in [0.2, 0.25) is 0 Å². The molecule has 35 heavy (non-hydrogen) atoms. The fourth-order valence-corrected chi connectivity index (χ4v) is 4.35. The Morgan fingerprint density at radius 3 is 2.63 bits per heavy atom. The molecular formula is C26H16FN3O4S. The molecule has 4 aromatic rings. The summed E-state index contributed by atoms with van der Waals surface area (Å²) >= 11 is 1.14. The van der Waals surface area contributed by atoms with E-state index in [1.807, 2.05) is 0 Å². The molecule has 172 valence electrons.